The van der Waals surface area contributed by atoms with Gasteiger partial charge in [-0.15, -0.1) is 11.3 Å². The van der Waals surface area contributed by atoms with Crippen LogP contribution in [0.15, 0.2) is 30.3 Å². The fourth-order valence-corrected chi connectivity index (χ4v) is 3.62. The van der Waals surface area contributed by atoms with Gasteiger partial charge in [0.2, 0.25) is 0 Å². The molecular weight excluding hydrogens is 324 g/mol. The lowest BCUT2D eigenvalue weighted by molar-refractivity contribution is -0.0735. The molecule has 1 saturated heterocycles. The standard InChI is InChI=1S/C18H22N2O3S/c1-12-17(24-13(2)19-12)18(21)20-15-8-9-22-11-16(15)23-10-14-6-4-3-5-7-14/h3-7,15-16H,8-11H2,1-2H3,(H,20,21). The van der Waals surface area contributed by atoms with Crippen LogP contribution in [0.2, 0.25) is 0 Å². The Balaban J connectivity index is 1.61. The number of carbonyl (C=O) groups excluding carboxylic acids is 1. The summed E-state index contributed by atoms with van der Waals surface area (Å²) >= 11 is 1.43. The van der Waals surface area contributed by atoms with Gasteiger partial charge >= 0.3 is 0 Å². The lowest BCUT2D eigenvalue weighted by atomic mass is 10.1. The highest BCUT2D eigenvalue weighted by Gasteiger charge is 2.29. The molecule has 0 aliphatic carbocycles. The predicted molar refractivity (Wildman–Crippen MR) is 93.3 cm³/mol. The number of aryl methyl sites for hydroxylation is 2. The van der Waals surface area contributed by atoms with Crippen LogP contribution in [0.1, 0.15) is 32.4 Å². The first-order valence-electron chi connectivity index (χ1n) is 8.11. The Morgan fingerprint density at radius 3 is 2.88 bits per heavy atom. The molecule has 1 aromatic carbocycles. The molecule has 3 rings (SSSR count). The van der Waals surface area contributed by atoms with E-state index in [9.17, 15) is 4.79 Å². The van der Waals surface area contributed by atoms with Gasteiger partial charge in [0.15, 0.2) is 0 Å². The zero-order chi connectivity index (χ0) is 16.9. The molecule has 0 radical (unpaired) electrons. The van der Waals surface area contributed by atoms with Crippen molar-refractivity contribution < 1.29 is 14.3 Å². The van der Waals surface area contributed by atoms with Gasteiger partial charge in [0.25, 0.3) is 5.91 Å². The van der Waals surface area contributed by atoms with E-state index < -0.39 is 0 Å². The second-order valence-corrected chi connectivity index (χ2v) is 7.13. The van der Waals surface area contributed by atoms with E-state index in [-0.39, 0.29) is 18.1 Å². The molecule has 5 nitrogen and oxygen atoms in total. The van der Waals surface area contributed by atoms with Crippen LogP contribution in [0.5, 0.6) is 0 Å². The van der Waals surface area contributed by atoms with E-state index >= 15 is 0 Å². The summed E-state index contributed by atoms with van der Waals surface area (Å²) in [5, 5.41) is 4.01. The van der Waals surface area contributed by atoms with Gasteiger partial charge in [0.1, 0.15) is 11.0 Å². The minimum absolute atomic E-state index is 0.0447. The van der Waals surface area contributed by atoms with Crippen molar-refractivity contribution in [2.45, 2.75) is 39.0 Å². The lowest BCUT2D eigenvalue weighted by Gasteiger charge is -2.32. The zero-order valence-electron chi connectivity index (χ0n) is 14.0. The maximum atomic E-state index is 12.5. The summed E-state index contributed by atoms with van der Waals surface area (Å²) in [6, 6.07) is 9.97. The first kappa shape index (κ1) is 17.1. The highest BCUT2D eigenvalue weighted by atomic mass is 32.1. The molecule has 1 aliphatic rings. The molecule has 0 saturated carbocycles. The van der Waals surface area contributed by atoms with Crippen molar-refractivity contribution in [1.82, 2.24) is 10.3 Å². The van der Waals surface area contributed by atoms with Crippen LogP contribution in [-0.2, 0) is 16.1 Å². The second kappa shape index (κ2) is 7.88. The third kappa shape index (κ3) is 4.20. The second-order valence-electron chi connectivity index (χ2n) is 5.93. The first-order chi connectivity index (χ1) is 11.6. The van der Waals surface area contributed by atoms with E-state index in [1.807, 2.05) is 44.2 Å². The first-order valence-corrected chi connectivity index (χ1v) is 8.93. The Bertz CT molecular complexity index is 687. The number of benzene rings is 1. The summed E-state index contributed by atoms with van der Waals surface area (Å²) < 4.78 is 11.5. The molecule has 1 aliphatic heterocycles. The summed E-state index contributed by atoms with van der Waals surface area (Å²) in [7, 11) is 0. The highest BCUT2D eigenvalue weighted by Crippen LogP contribution is 2.19. The monoisotopic (exact) mass is 346 g/mol. The maximum Gasteiger partial charge on any atom is 0.263 e. The van der Waals surface area contributed by atoms with Crippen molar-refractivity contribution in [2.24, 2.45) is 0 Å². The van der Waals surface area contributed by atoms with Gasteiger partial charge in [0, 0.05) is 6.61 Å². The summed E-state index contributed by atoms with van der Waals surface area (Å²) in [6.07, 6.45) is 0.611. The normalized spacial score (nSPS) is 20.8. The smallest absolute Gasteiger partial charge is 0.263 e. The van der Waals surface area contributed by atoms with E-state index in [1.54, 1.807) is 0 Å². The van der Waals surface area contributed by atoms with E-state index in [0.29, 0.717) is 24.7 Å². The summed E-state index contributed by atoms with van der Waals surface area (Å²) in [6.45, 7) is 5.43. The van der Waals surface area contributed by atoms with Crippen molar-refractivity contribution in [1.29, 1.82) is 0 Å². The van der Waals surface area contributed by atoms with Gasteiger partial charge in [-0.05, 0) is 25.8 Å². The molecule has 0 spiro atoms. The van der Waals surface area contributed by atoms with Gasteiger partial charge in [-0.1, -0.05) is 30.3 Å². The topological polar surface area (TPSA) is 60.5 Å². The average Bonchev–Trinajstić information content (AvgIpc) is 2.93. The van der Waals surface area contributed by atoms with Crippen LogP contribution in [-0.4, -0.2) is 36.3 Å². The van der Waals surface area contributed by atoms with Crippen molar-refractivity contribution in [3.05, 3.63) is 51.5 Å². The SMILES string of the molecule is Cc1nc(C)c(C(=O)NC2CCOCC2OCc2ccccc2)s1. The predicted octanol–water partition coefficient (Wildman–Crippen LogP) is 2.86. The molecule has 24 heavy (non-hydrogen) atoms. The van der Waals surface area contributed by atoms with Crippen molar-refractivity contribution in [2.75, 3.05) is 13.2 Å². The number of nitrogens with one attached hydrogen (secondary N) is 1. The van der Waals surface area contributed by atoms with E-state index in [4.69, 9.17) is 9.47 Å². The Morgan fingerprint density at radius 1 is 1.38 bits per heavy atom. The van der Waals surface area contributed by atoms with Gasteiger partial charge in [-0.2, -0.15) is 0 Å². The van der Waals surface area contributed by atoms with Crippen LogP contribution >= 0.6 is 11.3 Å². The number of hydrogen-bond acceptors (Lipinski definition) is 5. The molecule has 1 N–H and O–H groups in total. The Kier molecular flexibility index (Phi) is 5.60. The summed E-state index contributed by atoms with van der Waals surface area (Å²) in [5.74, 6) is -0.0710. The molecule has 2 atom stereocenters. The van der Waals surface area contributed by atoms with Crippen molar-refractivity contribution >= 4 is 17.2 Å². The number of hydrogen-bond donors (Lipinski definition) is 1. The molecule has 2 aromatic rings. The van der Waals surface area contributed by atoms with E-state index in [2.05, 4.69) is 10.3 Å². The van der Waals surface area contributed by atoms with Gasteiger partial charge in [0.05, 0.1) is 30.0 Å². The molecule has 2 heterocycles. The van der Waals surface area contributed by atoms with Crippen LogP contribution in [0.4, 0.5) is 0 Å². The minimum Gasteiger partial charge on any atom is -0.379 e. The maximum absolute atomic E-state index is 12.5. The van der Waals surface area contributed by atoms with Crippen LogP contribution < -0.4 is 5.32 Å². The summed E-state index contributed by atoms with van der Waals surface area (Å²) in [5.41, 5.74) is 1.89. The number of ether oxygens (including phenoxy) is 2. The number of amides is 1. The van der Waals surface area contributed by atoms with Gasteiger partial charge < -0.3 is 14.8 Å². The zero-order valence-corrected chi connectivity index (χ0v) is 14.8. The third-order valence-corrected chi connectivity index (χ3v) is 5.11. The minimum atomic E-state index is -0.141. The number of nitrogens with zero attached hydrogens (tertiary/aromatic N) is 1. The molecule has 6 heteroatoms. The number of rotatable bonds is 5. The quantitative estimate of drug-likeness (QED) is 0.904. The van der Waals surface area contributed by atoms with Crippen molar-refractivity contribution in [3.8, 4) is 0 Å². The Hall–Kier alpha value is -1.76. The molecule has 1 aromatic heterocycles. The highest BCUT2D eigenvalue weighted by molar-refractivity contribution is 7.13. The number of thiazole rings is 1. The van der Waals surface area contributed by atoms with Crippen LogP contribution in [0.3, 0.4) is 0 Å². The van der Waals surface area contributed by atoms with Crippen LogP contribution in [0, 0.1) is 13.8 Å². The Labute approximate surface area is 146 Å². The molecule has 0 bridgehead atoms. The number of aromatic nitrogens is 1. The van der Waals surface area contributed by atoms with E-state index in [1.165, 1.54) is 11.3 Å². The summed E-state index contributed by atoms with van der Waals surface area (Å²) in [4.78, 5) is 17.5. The largest absolute Gasteiger partial charge is 0.379 e. The fraction of sp³-hybridized carbons (Fsp3) is 0.444. The third-order valence-electron chi connectivity index (χ3n) is 4.04. The molecular formula is C18H22N2O3S. The van der Waals surface area contributed by atoms with E-state index in [0.717, 1.165) is 22.7 Å². The van der Waals surface area contributed by atoms with Gasteiger partial charge in [-0.25, -0.2) is 4.98 Å². The lowest BCUT2D eigenvalue weighted by Crippen LogP contribution is -2.49. The number of carbonyl (C=O) groups is 1. The van der Waals surface area contributed by atoms with Crippen molar-refractivity contribution in [3.63, 3.8) is 0 Å². The van der Waals surface area contributed by atoms with Gasteiger partial charge in [-0.3, -0.25) is 4.79 Å². The van der Waals surface area contributed by atoms with Crippen LogP contribution in [0.25, 0.3) is 0 Å². The molecule has 128 valence electrons. The molecule has 2 unspecified atom stereocenters. The molecule has 1 amide bonds. The fourth-order valence-electron chi connectivity index (χ4n) is 2.79. The Morgan fingerprint density at radius 2 is 2.17 bits per heavy atom. The molecule has 1 fully saturated rings. The average molecular weight is 346 g/mol.